The summed E-state index contributed by atoms with van der Waals surface area (Å²) in [5, 5.41) is 4.87. The molecule has 3 heterocycles. The molecule has 0 spiro atoms. The van der Waals surface area contributed by atoms with E-state index in [1.54, 1.807) is 29.5 Å². The molecule has 1 amide bonds. The Balaban J connectivity index is 1.52. The molecule has 2 aliphatic rings. The van der Waals surface area contributed by atoms with Crippen LogP contribution in [0.2, 0.25) is 0 Å². The van der Waals surface area contributed by atoms with Crippen molar-refractivity contribution in [3.8, 4) is 0 Å². The third kappa shape index (κ3) is 3.78. The van der Waals surface area contributed by atoms with Gasteiger partial charge in [0, 0.05) is 29.6 Å². The van der Waals surface area contributed by atoms with E-state index in [1.807, 2.05) is 18.4 Å². The van der Waals surface area contributed by atoms with Crippen molar-refractivity contribution in [2.75, 3.05) is 6.54 Å². The second kappa shape index (κ2) is 7.33. The molecule has 1 aromatic carbocycles. The van der Waals surface area contributed by atoms with Gasteiger partial charge in [-0.15, -0.1) is 11.3 Å². The minimum atomic E-state index is -3.64. The van der Waals surface area contributed by atoms with Crippen molar-refractivity contribution in [1.29, 1.82) is 0 Å². The van der Waals surface area contributed by atoms with Crippen molar-refractivity contribution < 1.29 is 13.2 Å². The first-order valence-corrected chi connectivity index (χ1v) is 11.2. The van der Waals surface area contributed by atoms with E-state index in [-0.39, 0.29) is 23.0 Å². The Labute approximate surface area is 162 Å². The summed E-state index contributed by atoms with van der Waals surface area (Å²) >= 11 is 1.67. The van der Waals surface area contributed by atoms with Crippen LogP contribution in [-0.4, -0.2) is 37.4 Å². The minimum Gasteiger partial charge on any atom is -0.335 e. The maximum absolute atomic E-state index is 13.1. The molecule has 144 valence electrons. The normalized spacial score (nSPS) is 23.1. The zero-order valence-corrected chi connectivity index (χ0v) is 16.6. The number of sulfonamides is 1. The molecule has 0 radical (unpaired) electrons. The van der Waals surface area contributed by atoms with Crippen LogP contribution in [0.5, 0.6) is 0 Å². The lowest BCUT2D eigenvalue weighted by Crippen LogP contribution is -2.44. The van der Waals surface area contributed by atoms with Crippen molar-refractivity contribution in [1.82, 2.24) is 20.5 Å². The highest BCUT2D eigenvalue weighted by molar-refractivity contribution is 7.89. The zero-order chi connectivity index (χ0) is 19.0. The molecule has 1 aromatic heterocycles. The van der Waals surface area contributed by atoms with Gasteiger partial charge in [0.25, 0.3) is 5.91 Å². The lowest BCUT2D eigenvalue weighted by atomic mass is 10.1. The van der Waals surface area contributed by atoms with Gasteiger partial charge in [0.15, 0.2) is 0 Å². The predicted molar refractivity (Wildman–Crippen MR) is 104 cm³/mol. The van der Waals surface area contributed by atoms with E-state index in [0.29, 0.717) is 18.7 Å². The Kier molecular flexibility index (Phi) is 5.04. The molecule has 0 bridgehead atoms. The highest BCUT2D eigenvalue weighted by Crippen LogP contribution is 2.28. The monoisotopic (exact) mass is 406 g/mol. The van der Waals surface area contributed by atoms with Crippen molar-refractivity contribution in [2.24, 2.45) is 0 Å². The first-order valence-electron chi connectivity index (χ1n) is 8.91. The molecule has 7 nitrogen and oxygen atoms in total. The van der Waals surface area contributed by atoms with Gasteiger partial charge in [-0.1, -0.05) is 6.07 Å². The molecule has 2 atom stereocenters. The number of hydrazine groups is 1. The van der Waals surface area contributed by atoms with Crippen LogP contribution in [0, 0.1) is 0 Å². The first-order chi connectivity index (χ1) is 12.9. The quantitative estimate of drug-likeness (QED) is 0.715. The summed E-state index contributed by atoms with van der Waals surface area (Å²) in [6.45, 7) is 2.86. The van der Waals surface area contributed by atoms with E-state index in [0.717, 1.165) is 18.4 Å². The summed E-state index contributed by atoms with van der Waals surface area (Å²) in [6.07, 6.45) is 1.32. The Bertz CT molecular complexity index is 957. The van der Waals surface area contributed by atoms with Crippen molar-refractivity contribution in [3.05, 3.63) is 51.7 Å². The molecule has 2 aromatic rings. The van der Waals surface area contributed by atoms with Gasteiger partial charge in [-0.05, 0) is 55.0 Å². The number of carbonyl (C=O) groups is 1. The Hall–Kier alpha value is -1.78. The summed E-state index contributed by atoms with van der Waals surface area (Å²) in [6, 6.07) is 8.50. The second-order valence-corrected chi connectivity index (χ2v) is 9.88. The average molecular weight is 407 g/mol. The molecule has 2 unspecified atom stereocenters. The third-order valence-electron chi connectivity index (χ3n) is 4.91. The number of hydrogen-bond acceptors (Lipinski definition) is 6. The highest BCUT2D eigenvalue weighted by Gasteiger charge is 2.29. The molecular weight excluding hydrogens is 384 g/mol. The van der Waals surface area contributed by atoms with Gasteiger partial charge in [0.1, 0.15) is 0 Å². The van der Waals surface area contributed by atoms with Crippen LogP contribution < -0.4 is 16.2 Å². The van der Waals surface area contributed by atoms with Crippen LogP contribution in [0.3, 0.4) is 0 Å². The third-order valence-corrected chi connectivity index (χ3v) is 7.77. The number of hydrogen-bond donors (Lipinski definition) is 3. The number of thiophene rings is 1. The van der Waals surface area contributed by atoms with Crippen LogP contribution in [0.4, 0.5) is 0 Å². The van der Waals surface area contributed by atoms with Crippen molar-refractivity contribution in [3.63, 3.8) is 0 Å². The van der Waals surface area contributed by atoms with Gasteiger partial charge < -0.3 is 5.32 Å². The zero-order valence-electron chi connectivity index (χ0n) is 14.9. The molecule has 1 fully saturated rings. The number of nitrogens with one attached hydrogen (secondary N) is 3. The molecule has 9 heteroatoms. The average Bonchev–Trinajstić information content (AvgIpc) is 3.29. The van der Waals surface area contributed by atoms with Gasteiger partial charge in [0.05, 0.1) is 11.1 Å². The summed E-state index contributed by atoms with van der Waals surface area (Å²) in [5.41, 5.74) is 7.45. The fourth-order valence-electron chi connectivity index (χ4n) is 3.43. The molecule has 2 aliphatic heterocycles. The van der Waals surface area contributed by atoms with E-state index in [2.05, 4.69) is 16.2 Å². The number of carbonyl (C=O) groups excluding carboxylic acids is 1. The van der Waals surface area contributed by atoms with Crippen LogP contribution in [0.15, 0.2) is 40.6 Å². The number of fused-ring (bicyclic) bond motifs is 1. The number of benzene rings is 1. The molecule has 27 heavy (non-hydrogen) atoms. The van der Waals surface area contributed by atoms with Crippen molar-refractivity contribution in [2.45, 2.75) is 43.4 Å². The maximum atomic E-state index is 13.1. The van der Waals surface area contributed by atoms with Gasteiger partial charge in [-0.2, -0.15) is 4.31 Å². The fraction of sp³-hybridized carbons (Fsp3) is 0.389. The van der Waals surface area contributed by atoms with E-state index >= 15 is 0 Å². The van der Waals surface area contributed by atoms with E-state index in [1.165, 1.54) is 15.2 Å². The van der Waals surface area contributed by atoms with Gasteiger partial charge in [-0.25, -0.2) is 13.8 Å². The molecule has 0 saturated carbocycles. The van der Waals surface area contributed by atoms with Crippen LogP contribution in [-0.2, 0) is 23.0 Å². The molecule has 3 N–H and O–H groups in total. The van der Waals surface area contributed by atoms with Crippen LogP contribution in [0.1, 0.15) is 34.1 Å². The van der Waals surface area contributed by atoms with Gasteiger partial charge in [-0.3, -0.25) is 10.2 Å². The number of nitrogens with zero attached hydrogens (tertiary/aromatic N) is 1. The summed E-state index contributed by atoms with van der Waals surface area (Å²) in [5.74, 6) is -0.292. The standard InChI is InChI=1S/C18H22N4O3S2/c1-12-9-17(21-20-12)19-18(23)13-3-2-4-15(10-13)27(24,25)22-7-5-16-14(11-22)6-8-26-16/h2-4,6,8,10,12,17,20-21H,5,7,9,11H2,1H3,(H,19,23). The lowest BCUT2D eigenvalue weighted by molar-refractivity contribution is 0.0932. The van der Waals surface area contributed by atoms with E-state index < -0.39 is 10.0 Å². The SMILES string of the molecule is CC1CC(NC(=O)c2cccc(S(=O)(=O)N3CCc4sccc4C3)c2)NN1. The Morgan fingerprint density at radius 2 is 2.15 bits per heavy atom. The maximum Gasteiger partial charge on any atom is 0.252 e. The Morgan fingerprint density at radius 3 is 2.93 bits per heavy atom. The smallest absolute Gasteiger partial charge is 0.252 e. The molecule has 0 aliphatic carbocycles. The lowest BCUT2D eigenvalue weighted by Gasteiger charge is -2.26. The molecule has 4 rings (SSSR count). The Morgan fingerprint density at radius 1 is 1.30 bits per heavy atom. The number of rotatable bonds is 4. The summed E-state index contributed by atoms with van der Waals surface area (Å²) < 4.78 is 27.6. The fourth-order valence-corrected chi connectivity index (χ4v) is 5.78. The molecule has 1 saturated heterocycles. The predicted octanol–water partition coefficient (Wildman–Crippen LogP) is 1.44. The van der Waals surface area contributed by atoms with Gasteiger partial charge >= 0.3 is 0 Å². The molecular formula is C18H22N4O3S2. The summed E-state index contributed by atoms with van der Waals surface area (Å²) in [4.78, 5) is 13.9. The second-order valence-electron chi connectivity index (χ2n) is 6.94. The van der Waals surface area contributed by atoms with Crippen molar-refractivity contribution >= 4 is 27.3 Å². The van der Waals surface area contributed by atoms with E-state index in [9.17, 15) is 13.2 Å². The van der Waals surface area contributed by atoms with Crippen LogP contribution in [0.25, 0.3) is 0 Å². The highest BCUT2D eigenvalue weighted by atomic mass is 32.2. The number of amides is 1. The summed E-state index contributed by atoms with van der Waals surface area (Å²) in [7, 11) is -3.64. The largest absolute Gasteiger partial charge is 0.335 e. The first kappa shape index (κ1) is 18.6. The van der Waals surface area contributed by atoms with E-state index in [4.69, 9.17) is 0 Å². The topological polar surface area (TPSA) is 90.5 Å². The minimum absolute atomic E-state index is 0.153. The van der Waals surface area contributed by atoms with Crippen LogP contribution >= 0.6 is 11.3 Å². The van der Waals surface area contributed by atoms with Gasteiger partial charge in [0.2, 0.25) is 10.0 Å².